The fourth-order valence-electron chi connectivity index (χ4n) is 2.16. The van der Waals surface area contributed by atoms with Crippen molar-refractivity contribution in [3.05, 3.63) is 15.5 Å². The molecule has 84 valence electrons. The molecular formula is C10H13F2IN2. The van der Waals surface area contributed by atoms with Crippen LogP contribution < -0.4 is 0 Å². The second-order valence-electron chi connectivity index (χ2n) is 4.15. The number of hydrogen-bond donors (Lipinski definition) is 0. The lowest BCUT2D eigenvalue weighted by Crippen LogP contribution is -2.24. The summed E-state index contributed by atoms with van der Waals surface area (Å²) in [6.45, 7) is 0. The number of alkyl halides is 2. The van der Waals surface area contributed by atoms with Crippen LogP contribution in [0.1, 0.15) is 37.3 Å². The molecule has 1 saturated carbocycles. The number of aromatic nitrogens is 2. The van der Waals surface area contributed by atoms with Crippen molar-refractivity contribution in [3.8, 4) is 0 Å². The highest BCUT2D eigenvalue weighted by Crippen LogP contribution is 2.40. The molecule has 1 aliphatic carbocycles. The third-order valence-corrected chi connectivity index (χ3v) is 3.55. The molecule has 2 nitrogen and oxygen atoms in total. The van der Waals surface area contributed by atoms with Crippen LogP contribution in [0.2, 0.25) is 0 Å². The van der Waals surface area contributed by atoms with Crippen molar-refractivity contribution in [2.45, 2.75) is 37.5 Å². The number of halogens is 3. The summed E-state index contributed by atoms with van der Waals surface area (Å²) < 4.78 is 28.7. The van der Waals surface area contributed by atoms with E-state index < -0.39 is 5.92 Å². The average molecular weight is 326 g/mol. The zero-order valence-electron chi connectivity index (χ0n) is 8.51. The van der Waals surface area contributed by atoms with Crippen LogP contribution in [0, 0.1) is 3.70 Å². The minimum atomic E-state index is -2.44. The van der Waals surface area contributed by atoms with E-state index >= 15 is 0 Å². The van der Waals surface area contributed by atoms with E-state index in [-0.39, 0.29) is 18.8 Å². The summed E-state index contributed by atoms with van der Waals surface area (Å²) in [6.07, 6.45) is 1.17. The molecule has 0 saturated heterocycles. The van der Waals surface area contributed by atoms with Crippen LogP contribution >= 0.6 is 22.6 Å². The molecule has 0 amide bonds. The Morgan fingerprint density at radius 1 is 1.47 bits per heavy atom. The van der Waals surface area contributed by atoms with Gasteiger partial charge in [0, 0.05) is 31.5 Å². The molecule has 1 fully saturated rings. The van der Waals surface area contributed by atoms with Crippen LogP contribution in [0.5, 0.6) is 0 Å². The topological polar surface area (TPSA) is 17.8 Å². The third-order valence-electron chi connectivity index (χ3n) is 3.02. The van der Waals surface area contributed by atoms with Crippen LogP contribution in [0.25, 0.3) is 0 Å². The highest BCUT2D eigenvalue weighted by atomic mass is 127. The number of hydrogen-bond acceptors (Lipinski definition) is 1. The first-order chi connectivity index (χ1) is 6.98. The SMILES string of the molecule is Cn1nc(I)cc1C1CCC(F)(F)CC1. The Labute approximate surface area is 101 Å². The van der Waals surface area contributed by atoms with Crippen LogP contribution in [-0.2, 0) is 7.05 Å². The lowest BCUT2D eigenvalue weighted by molar-refractivity contribution is -0.0387. The Morgan fingerprint density at radius 2 is 2.07 bits per heavy atom. The molecule has 1 aromatic heterocycles. The highest BCUT2D eigenvalue weighted by Gasteiger charge is 2.36. The first-order valence-electron chi connectivity index (χ1n) is 5.05. The van der Waals surface area contributed by atoms with Crippen molar-refractivity contribution in [1.82, 2.24) is 9.78 Å². The van der Waals surface area contributed by atoms with Crippen molar-refractivity contribution in [3.63, 3.8) is 0 Å². The van der Waals surface area contributed by atoms with Gasteiger partial charge in [-0.25, -0.2) is 8.78 Å². The Kier molecular flexibility index (Phi) is 3.00. The summed E-state index contributed by atoms with van der Waals surface area (Å²) in [6, 6.07) is 1.99. The third kappa shape index (κ3) is 2.49. The normalized spacial score (nSPS) is 21.9. The Bertz CT molecular complexity index is 352. The van der Waals surface area contributed by atoms with Crippen LogP contribution in [0.15, 0.2) is 6.07 Å². The van der Waals surface area contributed by atoms with Gasteiger partial charge >= 0.3 is 0 Å². The van der Waals surface area contributed by atoms with E-state index in [1.54, 1.807) is 0 Å². The zero-order chi connectivity index (χ0) is 11.1. The molecule has 0 aromatic carbocycles. The molecule has 15 heavy (non-hydrogen) atoms. The van der Waals surface area contributed by atoms with Crippen molar-refractivity contribution in [1.29, 1.82) is 0 Å². The molecule has 1 heterocycles. The van der Waals surface area contributed by atoms with Gasteiger partial charge in [0.1, 0.15) is 3.70 Å². The van der Waals surface area contributed by atoms with E-state index in [9.17, 15) is 8.78 Å². The van der Waals surface area contributed by atoms with Crippen molar-refractivity contribution < 1.29 is 8.78 Å². The summed E-state index contributed by atoms with van der Waals surface area (Å²) in [5.74, 6) is -2.19. The van der Waals surface area contributed by atoms with Gasteiger partial charge in [-0.2, -0.15) is 5.10 Å². The Balaban J connectivity index is 2.11. The smallest absolute Gasteiger partial charge is 0.248 e. The van der Waals surface area contributed by atoms with Gasteiger partial charge in [-0.1, -0.05) is 0 Å². The second kappa shape index (κ2) is 3.99. The standard InChI is InChI=1S/C10H13F2IN2/c1-15-8(6-9(13)14-15)7-2-4-10(11,12)5-3-7/h6-7H,2-5H2,1H3. The predicted octanol–water partition coefficient (Wildman–Crippen LogP) is 3.32. The van der Waals surface area contributed by atoms with E-state index in [4.69, 9.17) is 0 Å². The fraction of sp³-hybridized carbons (Fsp3) is 0.700. The molecule has 0 aliphatic heterocycles. The average Bonchev–Trinajstić information content (AvgIpc) is 2.45. The van der Waals surface area contributed by atoms with Gasteiger partial charge in [-0.3, -0.25) is 4.68 Å². The molecule has 0 bridgehead atoms. The van der Waals surface area contributed by atoms with E-state index in [1.807, 2.05) is 17.8 Å². The summed E-state index contributed by atoms with van der Waals surface area (Å²) in [5, 5.41) is 4.24. The van der Waals surface area contributed by atoms with Gasteiger partial charge in [-0.05, 0) is 41.5 Å². The maximum absolute atomic E-state index is 13.0. The monoisotopic (exact) mass is 326 g/mol. The zero-order valence-corrected chi connectivity index (χ0v) is 10.7. The van der Waals surface area contributed by atoms with Crippen molar-refractivity contribution in [2.75, 3.05) is 0 Å². The van der Waals surface area contributed by atoms with Gasteiger partial charge in [0.25, 0.3) is 0 Å². The minimum absolute atomic E-state index is 0.0133. The minimum Gasteiger partial charge on any atom is -0.271 e. The summed E-state index contributed by atoms with van der Waals surface area (Å²) >= 11 is 2.15. The van der Waals surface area contributed by atoms with E-state index in [2.05, 4.69) is 27.7 Å². The summed E-state index contributed by atoms with van der Waals surface area (Å²) in [7, 11) is 1.88. The lowest BCUT2D eigenvalue weighted by Gasteiger charge is -2.28. The summed E-state index contributed by atoms with van der Waals surface area (Å²) in [4.78, 5) is 0. The van der Waals surface area contributed by atoms with Crippen molar-refractivity contribution in [2.24, 2.45) is 7.05 Å². The molecule has 0 spiro atoms. The molecule has 0 unspecified atom stereocenters. The molecular weight excluding hydrogens is 313 g/mol. The summed E-state index contributed by atoms with van der Waals surface area (Å²) in [5.41, 5.74) is 1.09. The molecule has 5 heteroatoms. The fourth-order valence-corrected chi connectivity index (χ4v) is 2.81. The van der Waals surface area contributed by atoms with E-state index in [0.29, 0.717) is 12.8 Å². The molecule has 0 radical (unpaired) electrons. The first kappa shape index (κ1) is 11.3. The molecule has 0 N–H and O–H groups in total. The molecule has 1 aliphatic rings. The van der Waals surface area contributed by atoms with Crippen LogP contribution in [0.4, 0.5) is 8.78 Å². The number of rotatable bonds is 1. The molecule has 1 aromatic rings. The second-order valence-corrected chi connectivity index (χ2v) is 5.25. The van der Waals surface area contributed by atoms with E-state index in [0.717, 1.165) is 9.39 Å². The number of aryl methyl sites for hydroxylation is 1. The van der Waals surface area contributed by atoms with Crippen molar-refractivity contribution >= 4 is 22.6 Å². The maximum Gasteiger partial charge on any atom is 0.248 e. The first-order valence-corrected chi connectivity index (χ1v) is 6.13. The predicted molar refractivity (Wildman–Crippen MR) is 62.1 cm³/mol. The van der Waals surface area contributed by atoms with Gasteiger partial charge in [0.05, 0.1) is 0 Å². The van der Waals surface area contributed by atoms with Gasteiger partial charge in [-0.15, -0.1) is 0 Å². The molecule has 2 rings (SSSR count). The quantitative estimate of drug-likeness (QED) is 0.724. The van der Waals surface area contributed by atoms with Crippen LogP contribution in [0.3, 0.4) is 0 Å². The van der Waals surface area contributed by atoms with Gasteiger partial charge < -0.3 is 0 Å². The Hall–Kier alpha value is -0.200. The van der Waals surface area contributed by atoms with Crippen LogP contribution in [-0.4, -0.2) is 15.7 Å². The maximum atomic E-state index is 13.0. The van der Waals surface area contributed by atoms with Gasteiger partial charge in [0.2, 0.25) is 5.92 Å². The number of nitrogens with zero attached hydrogens (tertiary/aromatic N) is 2. The molecule has 0 atom stereocenters. The lowest BCUT2D eigenvalue weighted by atomic mass is 9.85. The Morgan fingerprint density at radius 3 is 2.53 bits per heavy atom. The van der Waals surface area contributed by atoms with Gasteiger partial charge in [0.15, 0.2) is 0 Å². The largest absolute Gasteiger partial charge is 0.271 e. The highest BCUT2D eigenvalue weighted by molar-refractivity contribution is 14.1. The van der Waals surface area contributed by atoms with E-state index in [1.165, 1.54) is 0 Å².